The van der Waals surface area contributed by atoms with Crippen molar-refractivity contribution < 1.29 is 4.79 Å². The van der Waals surface area contributed by atoms with E-state index in [1.165, 1.54) is 41.5 Å². The Balaban J connectivity index is 1.42. The minimum atomic E-state index is 0.190. The van der Waals surface area contributed by atoms with Crippen molar-refractivity contribution in [1.29, 1.82) is 0 Å². The van der Waals surface area contributed by atoms with Crippen LogP contribution in [0.4, 0.5) is 0 Å². The van der Waals surface area contributed by atoms with Gasteiger partial charge in [-0.2, -0.15) is 0 Å². The summed E-state index contributed by atoms with van der Waals surface area (Å²) in [6.45, 7) is 2.34. The molecule has 2 unspecified atom stereocenters. The Morgan fingerprint density at radius 1 is 1.03 bits per heavy atom. The van der Waals surface area contributed by atoms with Crippen molar-refractivity contribution in [3.05, 3.63) is 77.4 Å². The average molecular weight is 388 g/mol. The van der Waals surface area contributed by atoms with E-state index in [9.17, 15) is 4.79 Å². The fourth-order valence-electron chi connectivity index (χ4n) is 4.60. The van der Waals surface area contributed by atoms with E-state index >= 15 is 0 Å². The first-order valence-electron chi connectivity index (χ1n) is 11.3. The zero-order chi connectivity index (χ0) is 20.1. The van der Waals surface area contributed by atoms with Crippen molar-refractivity contribution in [3.8, 4) is 0 Å². The quantitative estimate of drug-likeness (QED) is 0.568. The molecule has 4 rings (SSSR count). The zero-order valence-corrected chi connectivity index (χ0v) is 17.6. The number of fused-ring (bicyclic) bond motifs is 1. The van der Waals surface area contributed by atoms with Crippen LogP contribution >= 0.6 is 0 Å². The van der Waals surface area contributed by atoms with Crippen LogP contribution in [0.25, 0.3) is 5.57 Å². The Morgan fingerprint density at radius 3 is 2.59 bits per heavy atom. The summed E-state index contributed by atoms with van der Waals surface area (Å²) in [5.74, 6) is 1.59. The summed E-state index contributed by atoms with van der Waals surface area (Å²) in [6, 6.07) is 19.4. The van der Waals surface area contributed by atoms with Crippen molar-refractivity contribution in [2.24, 2.45) is 5.92 Å². The number of benzene rings is 2. The van der Waals surface area contributed by atoms with Gasteiger partial charge in [0.15, 0.2) is 0 Å². The van der Waals surface area contributed by atoms with Gasteiger partial charge in [-0.3, -0.25) is 4.79 Å². The monoisotopic (exact) mass is 387 g/mol. The van der Waals surface area contributed by atoms with E-state index in [1.54, 1.807) is 0 Å². The van der Waals surface area contributed by atoms with Crippen LogP contribution < -0.4 is 5.32 Å². The summed E-state index contributed by atoms with van der Waals surface area (Å²) in [5, 5.41) is 3.39. The maximum Gasteiger partial charge on any atom is 0.220 e. The van der Waals surface area contributed by atoms with Crippen molar-refractivity contribution in [3.63, 3.8) is 0 Å². The largest absolute Gasteiger partial charge is 0.353 e. The Kier molecular flexibility index (Phi) is 6.49. The summed E-state index contributed by atoms with van der Waals surface area (Å²) < 4.78 is 0. The first kappa shape index (κ1) is 19.9. The summed E-state index contributed by atoms with van der Waals surface area (Å²) in [4.78, 5) is 12.7. The van der Waals surface area contributed by atoms with Gasteiger partial charge in [0.25, 0.3) is 0 Å². The topological polar surface area (TPSA) is 29.1 Å². The number of carbonyl (C=O) groups is 1. The Morgan fingerprint density at radius 2 is 1.79 bits per heavy atom. The summed E-state index contributed by atoms with van der Waals surface area (Å²) in [7, 11) is 0. The molecule has 1 fully saturated rings. The van der Waals surface area contributed by atoms with E-state index in [-0.39, 0.29) is 11.9 Å². The summed E-state index contributed by atoms with van der Waals surface area (Å²) in [6.07, 6.45) is 10.9. The molecule has 0 saturated heterocycles. The Labute approximate surface area is 175 Å². The minimum absolute atomic E-state index is 0.190. The molecule has 1 amide bonds. The fourth-order valence-corrected chi connectivity index (χ4v) is 4.60. The third kappa shape index (κ3) is 5.59. The highest BCUT2D eigenvalue weighted by molar-refractivity contribution is 5.77. The van der Waals surface area contributed by atoms with Crippen LogP contribution in [-0.4, -0.2) is 11.9 Å². The molecule has 2 aliphatic carbocycles. The fraction of sp³-hybridized carbons (Fsp3) is 0.444. The van der Waals surface area contributed by atoms with E-state index in [0.717, 1.165) is 31.6 Å². The maximum atomic E-state index is 12.7. The van der Waals surface area contributed by atoms with E-state index < -0.39 is 0 Å². The number of rotatable bonds is 8. The molecule has 2 aromatic carbocycles. The second-order valence-corrected chi connectivity index (χ2v) is 8.93. The summed E-state index contributed by atoms with van der Waals surface area (Å²) >= 11 is 0. The van der Waals surface area contributed by atoms with E-state index in [1.807, 2.05) is 18.2 Å². The van der Waals surface area contributed by atoms with Crippen LogP contribution in [-0.2, 0) is 11.2 Å². The van der Waals surface area contributed by atoms with Crippen LogP contribution in [0.2, 0.25) is 0 Å². The third-order valence-corrected chi connectivity index (χ3v) is 6.46. The van der Waals surface area contributed by atoms with Crippen molar-refractivity contribution >= 4 is 11.5 Å². The van der Waals surface area contributed by atoms with Gasteiger partial charge in [-0.15, -0.1) is 0 Å². The molecule has 0 heterocycles. The first-order valence-corrected chi connectivity index (χ1v) is 11.3. The molecule has 0 spiro atoms. The lowest BCUT2D eigenvalue weighted by Crippen LogP contribution is -2.35. The van der Waals surface area contributed by atoms with Crippen molar-refractivity contribution in [1.82, 2.24) is 5.32 Å². The number of hydrogen-bond donors (Lipinski definition) is 1. The first-order chi connectivity index (χ1) is 14.2. The molecule has 2 heteroatoms. The molecule has 2 aliphatic rings. The highest BCUT2D eigenvalue weighted by Crippen LogP contribution is 2.38. The molecule has 152 valence electrons. The molecule has 1 N–H and O–H groups in total. The highest BCUT2D eigenvalue weighted by Gasteiger charge is 2.28. The molecule has 1 saturated carbocycles. The van der Waals surface area contributed by atoms with Crippen molar-refractivity contribution in [2.45, 2.75) is 70.3 Å². The number of aryl methyl sites for hydroxylation is 1. The lowest BCUT2D eigenvalue weighted by atomic mass is 9.89. The van der Waals surface area contributed by atoms with E-state index in [0.29, 0.717) is 12.3 Å². The molecule has 0 aliphatic heterocycles. The lowest BCUT2D eigenvalue weighted by molar-refractivity contribution is -0.121. The van der Waals surface area contributed by atoms with Gasteiger partial charge in [0, 0.05) is 12.5 Å². The van der Waals surface area contributed by atoms with Gasteiger partial charge in [0.2, 0.25) is 5.91 Å². The SMILES string of the molecule is CC1CCC=C(CC(CC2CC2)NC(=O)CCc2ccccc2)c2ccccc21. The second kappa shape index (κ2) is 9.43. The second-order valence-electron chi connectivity index (χ2n) is 8.93. The van der Waals surface area contributed by atoms with Crippen LogP contribution in [0.1, 0.15) is 74.5 Å². The number of hydrogen-bond acceptors (Lipinski definition) is 1. The lowest BCUT2D eigenvalue weighted by Gasteiger charge is -2.22. The number of amides is 1. The van der Waals surface area contributed by atoms with Gasteiger partial charge in [-0.25, -0.2) is 0 Å². The molecule has 0 bridgehead atoms. The summed E-state index contributed by atoms with van der Waals surface area (Å²) in [5.41, 5.74) is 5.53. The normalized spacial score (nSPS) is 19.6. The van der Waals surface area contributed by atoms with E-state index in [4.69, 9.17) is 0 Å². The standard InChI is InChI=1S/C27H33NO/c1-20-8-7-11-23(26-13-6-5-12-25(20)26)19-24(18-22-14-15-22)28-27(29)17-16-21-9-3-2-4-10-21/h2-6,9-13,20,22,24H,7-8,14-19H2,1H3,(H,28,29). The minimum Gasteiger partial charge on any atom is -0.353 e. The number of nitrogens with one attached hydrogen (secondary N) is 1. The van der Waals surface area contributed by atoms with E-state index in [2.05, 4.69) is 54.7 Å². The molecule has 0 aromatic heterocycles. The average Bonchev–Trinajstić information content (AvgIpc) is 3.57. The number of carbonyl (C=O) groups excluding carboxylic acids is 1. The van der Waals surface area contributed by atoms with Crippen LogP contribution in [0.5, 0.6) is 0 Å². The van der Waals surface area contributed by atoms with Crippen LogP contribution in [0, 0.1) is 5.92 Å². The molecule has 29 heavy (non-hydrogen) atoms. The van der Waals surface area contributed by atoms with Gasteiger partial charge >= 0.3 is 0 Å². The van der Waals surface area contributed by atoms with Gasteiger partial charge in [0.05, 0.1) is 0 Å². The van der Waals surface area contributed by atoms with Crippen molar-refractivity contribution in [2.75, 3.05) is 0 Å². The van der Waals surface area contributed by atoms with Gasteiger partial charge in [0.1, 0.15) is 0 Å². The highest BCUT2D eigenvalue weighted by atomic mass is 16.1. The predicted molar refractivity (Wildman–Crippen MR) is 121 cm³/mol. The molecule has 2 aromatic rings. The molecule has 0 radical (unpaired) electrons. The predicted octanol–water partition coefficient (Wildman–Crippen LogP) is 6.28. The van der Waals surface area contributed by atoms with Gasteiger partial charge in [-0.1, -0.05) is 80.4 Å². The Bertz CT molecular complexity index is 850. The van der Waals surface area contributed by atoms with Gasteiger partial charge in [-0.05, 0) is 66.2 Å². The van der Waals surface area contributed by atoms with Gasteiger partial charge < -0.3 is 5.32 Å². The molecular weight excluding hydrogens is 354 g/mol. The number of allylic oxidation sites excluding steroid dienone is 1. The smallest absolute Gasteiger partial charge is 0.220 e. The van der Waals surface area contributed by atoms with Crippen LogP contribution in [0.3, 0.4) is 0 Å². The maximum absolute atomic E-state index is 12.7. The zero-order valence-electron chi connectivity index (χ0n) is 17.6. The molecular formula is C27H33NO. The molecule has 2 nitrogen and oxygen atoms in total. The molecule has 2 atom stereocenters. The third-order valence-electron chi connectivity index (χ3n) is 6.46. The van der Waals surface area contributed by atoms with Crippen LogP contribution in [0.15, 0.2) is 60.7 Å². The Hall–Kier alpha value is -2.35.